The zero-order valence-electron chi connectivity index (χ0n) is 10.6. The van der Waals surface area contributed by atoms with E-state index in [2.05, 4.69) is 4.98 Å². The Morgan fingerprint density at radius 2 is 2.10 bits per heavy atom. The number of nitrogens with zero attached hydrogens (tertiary/aromatic N) is 3. The molecule has 0 radical (unpaired) electrons. The third-order valence-electron chi connectivity index (χ3n) is 3.14. The second-order valence-corrected chi connectivity index (χ2v) is 5.21. The Bertz CT molecular complexity index is 818. The summed E-state index contributed by atoms with van der Waals surface area (Å²) in [4.78, 5) is 15.7. The maximum Gasteiger partial charge on any atom is 0.320 e. The molecule has 2 heterocycles. The summed E-state index contributed by atoms with van der Waals surface area (Å²) in [7, 11) is 0. The van der Waals surface area contributed by atoms with Crippen molar-refractivity contribution in [1.82, 2.24) is 14.1 Å². The molecule has 7 heteroatoms. The number of hydrogen-bond acceptors (Lipinski definition) is 3. The molecule has 0 atom stereocenters. The maximum absolute atomic E-state index is 13.3. The van der Waals surface area contributed by atoms with Gasteiger partial charge in [-0.15, -0.1) is 0 Å². The summed E-state index contributed by atoms with van der Waals surface area (Å²) in [5.74, 6) is 0.185. The van der Waals surface area contributed by atoms with Gasteiger partial charge in [0.2, 0.25) is 0 Å². The van der Waals surface area contributed by atoms with Gasteiger partial charge in [-0.05, 0) is 19.1 Å². The number of rotatable bonds is 3. The molecule has 0 bridgehead atoms. The highest BCUT2D eigenvalue weighted by atomic mass is 32.1. The lowest BCUT2D eigenvalue weighted by atomic mass is 10.3. The Morgan fingerprint density at radius 1 is 1.35 bits per heavy atom. The van der Waals surface area contributed by atoms with Crippen LogP contribution >= 0.6 is 11.3 Å². The largest absolute Gasteiger partial charge is 0.320 e. The SMILES string of the molecule is Cc1csc(=O)n1Cc1nc2ccccc2n1C(F)F. The van der Waals surface area contributed by atoms with Crippen molar-refractivity contribution in [1.29, 1.82) is 0 Å². The molecule has 3 rings (SSSR count). The van der Waals surface area contributed by atoms with Crippen molar-refractivity contribution in [2.24, 2.45) is 0 Å². The quantitative estimate of drug-likeness (QED) is 0.745. The normalized spacial score (nSPS) is 11.6. The number of halogens is 2. The Kier molecular flexibility index (Phi) is 3.13. The molecule has 0 fully saturated rings. The van der Waals surface area contributed by atoms with Crippen molar-refractivity contribution in [2.45, 2.75) is 20.0 Å². The number of thiazole rings is 1. The lowest BCUT2D eigenvalue weighted by Crippen LogP contribution is -2.18. The second kappa shape index (κ2) is 4.82. The minimum atomic E-state index is -2.69. The van der Waals surface area contributed by atoms with E-state index in [-0.39, 0.29) is 17.2 Å². The Balaban J connectivity index is 2.16. The van der Waals surface area contributed by atoms with Gasteiger partial charge in [0, 0.05) is 11.1 Å². The molecule has 3 aromatic rings. The molecule has 0 saturated heterocycles. The lowest BCUT2D eigenvalue weighted by Gasteiger charge is -2.08. The zero-order chi connectivity index (χ0) is 14.3. The predicted octanol–water partition coefficient (Wildman–Crippen LogP) is 3.01. The highest BCUT2D eigenvalue weighted by Crippen LogP contribution is 2.23. The van der Waals surface area contributed by atoms with E-state index >= 15 is 0 Å². The average Bonchev–Trinajstić information content (AvgIpc) is 2.93. The molecule has 0 saturated carbocycles. The minimum absolute atomic E-state index is 0.0488. The van der Waals surface area contributed by atoms with Crippen LogP contribution in [-0.2, 0) is 6.54 Å². The molecule has 4 nitrogen and oxygen atoms in total. The minimum Gasteiger partial charge on any atom is -0.296 e. The summed E-state index contributed by atoms with van der Waals surface area (Å²) >= 11 is 1.05. The van der Waals surface area contributed by atoms with Crippen molar-refractivity contribution in [3.8, 4) is 0 Å². The molecular formula is C13H11F2N3OS. The highest BCUT2D eigenvalue weighted by Gasteiger charge is 2.18. The Labute approximate surface area is 116 Å². The van der Waals surface area contributed by atoms with Gasteiger partial charge in [0.15, 0.2) is 0 Å². The van der Waals surface area contributed by atoms with Gasteiger partial charge >= 0.3 is 11.4 Å². The van der Waals surface area contributed by atoms with Gasteiger partial charge in [-0.2, -0.15) is 8.78 Å². The lowest BCUT2D eigenvalue weighted by molar-refractivity contribution is 0.0711. The topological polar surface area (TPSA) is 39.8 Å². The van der Waals surface area contributed by atoms with Crippen LogP contribution in [0.3, 0.4) is 0 Å². The summed E-state index contributed by atoms with van der Waals surface area (Å²) in [6, 6.07) is 6.72. The van der Waals surface area contributed by atoms with E-state index < -0.39 is 6.55 Å². The molecule has 2 aromatic heterocycles. The van der Waals surface area contributed by atoms with Crippen LogP contribution in [0.4, 0.5) is 8.78 Å². The molecule has 0 unspecified atom stereocenters. The van der Waals surface area contributed by atoms with Crippen molar-refractivity contribution >= 4 is 22.4 Å². The standard InChI is InChI=1S/C13H11F2N3OS/c1-8-7-20-13(19)17(8)6-11-16-9-4-2-3-5-10(9)18(11)12(14)15/h2-5,7,12H,6H2,1H3. The first kappa shape index (κ1) is 13.0. The van der Waals surface area contributed by atoms with E-state index in [0.717, 1.165) is 21.6 Å². The zero-order valence-corrected chi connectivity index (χ0v) is 11.4. The van der Waals surface area contributed by atoms with Crippen molar-refractivity contribution < 1.29 is 8.78 Å². The summed E-state index contributed by atoms with van der Waals surface area (Å²) in [5.41, 5.74) is 1.62. The van der Waals surface area contributed by atoms with Crippen LogP contribution in [-0.4, -0.2) is 14.1 Å². The van der Waals surface area contributed by atoms with Crippen molar-refractivity contribution in [3.05, 3.63) is 50.8 Å². The molecule has 0 amide bonds. The van der Waals surface area contributed by atoms with Gasteiger partial charge in [-0.3, -0.25) is 13.9 Å². The molecule has 20 heavy (non-hydrogen) atoms. The van der Waals surface area contributed by atoms with Gasteiger partial charge in [0.25, 0.3) is 0 Å². The number of alkyl halides is 2. The fraction of sp³-hybridized carbons (Fsp3) is 0.231. The first-order valence-corrected chi connectivity index (χ1v) is 6.85. The molecular weight excluding hydrogens is 284 g/mol. The van der Waals surface area contributed by atoms with Crippen LogP contribution < -0.4 is 4.87 Å². The van der Waals surface area contributed by atoms with Gasteiger partial charge in [-0.1, -0.05) is 23.5 Å². The number of fused-ring (bicyclic) bond motifs is 1. The van der Waals surface area contributed by atoms with Gasteiger partial charge in [-0.25, -0.2) is 4.98 Å². The molecule has 0 spiro atoms. The maximum atomic E-state index is 13.3. The number of aromatic nitrogens is 3. The monoisotopic (exact) mass is 295 g/mol. The molecule has 104 valence electrons. The van der Waals surface area contributed by atoms with E-state index in [1.165, 1.54) is 4.57 Å². The fourth-order valence-corrected chi connectivity index (χ4v) is 2.90. The molecule has 0 aliphatic heterocycles. The summed E-state index contributed by atoms with van der Waals surface area (Å²) in [5, 5.41) is 1.71. The number of para-hydroxylation sites is 2. The van der Waals surface area contributed by atoms with Crippen LogP contribution in [0.25, 0.3) is 11.0 Å². The van der Waals surface area contributed by atoms with Crippen LogP contribution in [0.1, 0.15) is 18.1 Å². The first-order chi connectivity index (χ1) is 9.58. The molecule has 0 N–H and O–H groups in total. The number of imidazole rings is 1. The van der Waals surface area contributed by atoms with Crippen LogP contribution in [0.2, 0.25) is 0 Å². The Morgan fingerprint density at radius 3 is 2.75 bits per heavy atom. The van der Waals surface area contributed by atoms with Gasteiger partial charge in [0.1, 0.15) is 5.82 Å². The molecule has 0 aliphatic rings. The highest BCUT2D eigenvalue weighted by molar-refractivity contribution is 7.07. The third-order valence-corrected chi connectivity index (χ3v) is 4.02. The molecule has 0 aliphatic carbocycles. The fourth-order valence-electron chi connectivity index (χ4n) is 2.16. The number of hydrogen-bond donors (Lipinski definition) is 0. The second-order valence-electron chi connectivity index (χ2n) is 4.39. The van der Waals surface area contributed by atoms with E-state index in [1.54, 1.807) is 36.6 Å². The van der Waals surface area contributed by atoms with E-state index in [4.69, 9.17) is 0 Å². The van der Waals surface area contributed by atoms with Crippen molar-refractivity contribution in [2.75, 3.05) is 0 Å². The van der Waals surface area contributed by atoms with Crippen LogP contribution in [0.5, 0.6) is 0 Å². The predicted molar refractivity (Wildman–Crippen MR) is 73.4 cm³/mol. The van der Waals surface area contributed by atoms with E-state index in [9.17, 15) is 13.6 Å². The Hall–Kier alpha value is -2.02. The van der Waals surface area contributed by atoms with Gasteiger partial charge < -0.3 is 0 Å². The summed E-state index contributed by atoms with van der Waals surface area (Å²) in [6.07, 6.45) is 0. The first-order valence-electron chi connectivity index (χ1n) is 5.97. The average molecular weight is 295 g/mol. The third kappa shape index (κ3) is 2.03. The van der Waals surface area contributed by atoms with E-state index in [0.29, 0.717) is 11.0 Å². The number of benzene rings is 1. The van der Waals surface area contributed by atoms with Crippen LogP contribution in [0, 0.1) is 6.92 Å². The van der Waals surface area contributed by atoms with Gasteiger partial charge in [0.05, 0.1) is 17.6 Å². The summed E-state index contributed by atoms with van der Waals surface area (Å²) < 4.78 is 28.8. The van der Waals surface area contributed by atoms with Crippen molar-refractivity contribution in [3.63, 3.8) is 0 Å². The van der Waals surface area contributed by atoms with E-state index in [1.807, 2.05) is 0 Å². The molecule has 1 aromatic carbocycles. The smallest absolute Gasteiger partial charge is 0.296 e. The number of aryl methyl sites for hydroxylation is 1. The summed E-state index contributed by atoms with van der Waals surface area (Å²) in [6.45, 7) is -0.868. The van der Waals surface area contributed by atoms with Crippen LogP contribution in [0.15, 0.2) is 34.4 Å².